The molecule has 0 aliphatic rings. The molecule has 0 bridgehead atoms. The van der Waals surface area contributed by atoms with E-state index in [9.17, 15) is 0 Å². The Labute approximate surface area is 90.3 Å². The van der Waals surface area contributed by atoms with Gasteiger partial charge >= 0.3 is 0 Å². The molecule has 0 saturated carbocycles. The Hall–Kier alpha value is -1.16. The van der Waals surface area contributed by atoms with Gasteiger partial charge in [0.15, 0.2) is 0 Å². The molecule has 0 radical (unpaired) electrons. The van der Waals surface area contributed by atoms with Crippen LogP contribution in [0.5, 0.6) is 5.88 Å². The molecule has 0 unspecified atom stereocenters. The van der Waals surface area contributed by atoms with Gasteiger partial charge in [-0.25, -0.2) is 9.97 Å². The van der Waals surface area contributed by atoms with Crippen molar-refractivity contribution in [2.75, 3.05) is 7.11 Å². The Morgan fingerprint density at radius 1 is 1.21 bits per heavy atom. The van der Waals surface area contributed by atoms with Crippen LogP contribution in [0.4, 0.5) is 0 Å². The Morgan fingerprint density at radius 3 is 2.71 bits per heavy atom. The number of aryl methyl sites for hydroxylation is 1. The SMILES string of the molecule is COc1nc2ccc(Br)cc2nc1C. The van der Waals surface area contributed by atoms with Crippen molar-refractivity contribution < 1.29 is 4.74 Å². The first-order chi connectivity index (χ1) is 6.70. The van der Waals surface area contributed by atoms with Crippen LogP contribution in [0.1, 0.15) is 5.69 Å². The topological polar surface area (TPSA) is 35.0 Å². The van der Waals surface area contributed by atoms with Crippen LogP contribution in [-0.2, 0) is 0 Å². The third-order valence-electron chi connectivity index (χ3n) is 1.95. The van der Waals surface area contributed by atoms with Gasteiger partial charge in [-0.3, -0.25) is 0 Å². The lowest BCUT2D eigenvalue weighted by atomic mass is 10.3. The molecule has 1 aromatic heterocycles. The average Bonchev–Trinajstić information content (AvgIpc) is 2.16. The minimum atomic E-state index is 0.583. The summed E-state index contributed by atoms with van der Waals surface area (Å²) in [7, 11) is 1.60. The fraction of sp³-hybridized carbons (Fsp3) is 0.200. The van der Waals surface area contributed by atoms with Crippen LogP contribution >= 0.6 is 15.9 Å². The summed E-state index contributed by atoms with van der Waals surface area (Å²) in [4.78, 5) is 8.72. The van der Waals surface area contributed by atoms with Gasteiger partial charge in [-0.2, -0.15) is 0 Å². The second-order valence-electron chi connectivity index (χ2n) is 2.95. The van der Waals surface area contributed by atoms with Gasteiger partial charge in [-0.05, 0) is 25.1 Å². The standard InChI is InChI=1S/C10H9BrN2O/c1-6-10(14-2)13-8-4-3-7(11)5-9(8)12-6/h3-5H,1-2H3. The highest BCUT2D eigenvalue weighted by Gasteiger charge is 2.04. The molecule has 0 saturated heterocycles. The minimum Gasteiger partial charge on any atom is -0.480 e. The number of hydrogen-bond donors (Lipinski definition) is 0. The predicted octanol–water partition coefficient (Wildman–Crippen LogP) is 2.71. The molecule has 0 amide bonds. The maximum absolute atomic E-state index is 5.10. The minimum absolute atomic E-state index is 0.583. The number of benzene rings is 1. The van der Waals surface area contributed by atoms with Crippen molar-refractivity contribution in [2.24, 2.45) is 0 Å². The number of ether oxygens (including phenoxy) is 1. The second-order valence-corrected chi connectivity index (χ2v) is 3.87. The number of nitrogens with zero attached hydrogens (tertiary/aromatic N) is 2. The first-order valence-corrected chi connectivity index (χ1v) is 4.98. The van der Waals surface area contributed by atoms with E-state index in [0.717, 1.165) is 21.2 Å². The van der Waals surface area contributed by atoms with E-state index < -0.39 is 0 Å². The van der Waals surface area contributed by atoms with Gasteiger partial charge in [0.25, 0.3) is 0 Å². The van der Waals surface area contributed by atoms with Crippen molar-refractivity contribution in [2.45, 2.75) is 6.92 Å². The van der Waals surface area contributed by atoms with Crippen LogP contribution in [0.3, 0.4) is 0 Å². The van der Waals surface area contributed by atoms with Crippen molar-refractivity contribution in [1.29, 1.82) is 0 Å². The van der Waals surface area contributed by atoms with Gasteiger partial charge in [0.1, 0.15) is 5.69 Å². The van der Waals surface area contributed by atoms with E-state index in [-0.39, 0.29) is 0 Å². The number of rotatable bonds is 1. The summed E-state index contributed by atoms with van der Waals surface area (Å²) in [5.74, 6) is 0.583. The van der Waals surface area contributed by atoms with Crippen LogP contribution in [0.2, 0.25) is 0 Å². The van der Waals surface area contributed by atoms with Gasteiger partial charge in [0, 0.05) is 4.47 Å². The predicted molar refractivity (Wildman–Crippen MR) is 58.5 cm³/mol. The van der Waals surface area contributed by atoms with Crippen LogP contribution in [0.15, 0.2) is 22.7 Å². The van der Waals surface area contributed by atoms with Gasteiger partial charge in [0.2, 0.25) is 5.88 Å². The highest BCUT2D eigenvalue weighted by molar-refractivity contribution is 9.10. The van der Waals surface area contributed by atoms with Crippen LogP contribution in [0, 0.1) is 6.92 Å². The molecule has 72 valence electrons. The second kappa shape index (κ2) is 3.53. The zero-order valence-electron chi connectivity index (χ0n) is 7.91. The van der Waals surface area contributed by atoms with E-state index in [1.54, 1.807) is 7.11 Å². The molecule has 0 aliphatic heterocycles. The monoisotopic (exact) mass is 252 g/mol. The summed E-state index contributed by atoms with van der Waals surface area (Å²) in [5.41, 5.74) is 2.52. The lowest BCUT2D eigenvalue weighted by molar-refractivity contribution is 0.394. The number of halogens is 1. The molecule has 0 aliphatic carbocycles. The van der Waals surface area contributed by atoms with Crippen LogP contribution in [-0.4, -0.2) is 17.1 Å². The number of hydrogen-bond acceptors (Lipinski definition) is 3. The van der Waals surface area contributed by atoms with E-state index in [4.69, 9.17) is 4.74 Å². The molecule has 1 aromatic carbocycles. The van der Waals surface area contributed by atoms with E-state index in [2.05, 4.69) is 25.9 Å². The maximum Gasteiger partial charge on any atom is 0.235 e. The molecule has 3 nitrogen and oxygen atoms in total. The summed E-state index contributed by atoms with van der Waals surface area (Å²) >= 11 is 3.39. The van der Waals surface area contributed by atoms with Gasteiger partial charge in [0.05, 0.1) is 18.1 Å². The molecule has 0 atom stereocenters. The summed E-state index contributed by atoms with van der Waals surface area (Å²) in [6.07, 6.45) is 0. The van der Waals surface area contributed by atoms with Gasteiger partial charge < -0.3 is 4.74 Å². The van der Waals surface area contributed by atoms with Crippen molar-refractivity contribution in [1.82, 2.24) is 9.97 Å². The summed E-state index contributed by atoms with van der Waals surface area (Å²) < 4.78 is 6.10. The third-order valence-corrected chi connectivity index (χ3v) is 2.44. The number of fused-ring (bicyclic) bond motifs is 1. The Morgan fingerprint density at radius 2 is 2.00 bits per heavy atom. The van der Waals surface area contributed by atoms with Crippen LogP contribution in [0.25, 0.3) is 11.0 Å². The third kappa shape index (κ3) is 1.57. The fourth-order valence-corrected chi connectivity index (χ4v) is 1.64. The molecular weight excluding hydrogens is 244 g/mol. The number of aromatic nitrogens is 2. The fourth-order valence-electron chi connectivity index (χ4n) is 1.29. The summed E-state index contributed by atoms with van der Waals surface area (Å²) in [6.45, 7) is 1.88. The van der Waals surface area contributed by atoms with E-state index in [1.807, 2.05) is 25.1 Å². The zero-order valence-corrected chi connectivity index (χ0v) is 9.50. The molecule has 0 fully saturated rings. The quantitative estimate of drug-likeness (QED) is 0.783. The van der Waals surface area contributed by atoms with E-state index >= 15 is 0 Å². The highest BCUT2D eigenvalue weighted by Crippen LogP contribution is 2.20. The van der Waals surface area contributed by atoms with Crippen molar-refractivity contribution >= 4 is 27.0 Å². The molecule has 1 heterocycles. The summed E-state index contributed by atoms with van der Waals surface area (Å²) in [6, 6.07) is 5.79. The molecule has 14 heavy (non-hydrogen) atoms. The molecule has 4 heteroatoms. The molecular formula is C10H9BrN2O. The van der Waals surface area contributed by atoms with E-state index in [0.29, 0.717) is 5.88 Å². The molecule has 2 aromatic rings. The average molecular weight is 253 g/mol. The Bertz CT molecular complexity index is 485. The van der Waals surface area contributed by atoms with Crippen molar-refractivity contribution in [3.05, 3.63) is 28.4 Å². The summed E-state index contributed by atoms with van der Waals surface area (Å²) in [5, 5.41) is 0. The van der Waals surface area contributed by atoms with E-state index in [1.165, 1.54) is 0 Å². The lowest BCUT2D eigenvalue weighted by Crippen LogP contribution is -1.95. The normalized spacial score (nSPS) is 10.5. The first-order valence-electron chi connectivity index (χ1n) is 4.18. The lowest BCUT2D eigenvalue weighted by Gasteiger charge is -2.04. The van der Waals surface area contributed by atoms with Gasteiger partial charge in [-0.1, -0.05) is 15.9 Å². The zero-order chi connectivity index (χ0) is 10.1. The smallest absolute Gasteiger partial charge is 0.235 e. The largest absolute Gasteiger partial charge is 0.480 e. The molecule has 0 N–H and O–H groups in total. The Balaban J connectivity index is 2.73. The van der Waals surface area contributed by atoms with Crippen LogP contribution < -0.4 is 4.74 Å². The first kappa shape index (κ1) is 9.40. The number of methoxy groups -OCH3 is 1. The molecule has 0 spiro atoms. The van der Waals surface area contributed by atoms with Crippen molar-refractivity contribution in [3.8, 4) is 5.88 Å². The molecule has 2 rings (SSSR count). The van der Waals surface area contributed by atoms with Gasteiger partial charge in [-0.15, -0.1) is 0 Å². The Kier molecular flexibility index (Phi) is 2.37. The maximum atomic E-state index is 5.10. The highest BCUT2D eigenvalue weighted by atomic mass is 79.9. The van der Waals surface area contributed by atoms with Crippen molar-refractivity contribution in [3.63, 3.8) is 0 Å².